The van der Waals surface area contributed by atoms with Crippen molar-refractivity contribution >= 4 is 5.97 Å². The molecule has 0 aliphatic carbocycles. The molecule has 0 amide bonds. The quantitative estimate of drug-likeness (QED) is 0.498. The van der Waals surface area contributed by atoms with E-state index >= 15 is 0 Å². The van der Waals surface area contributed by atoms with Crippen LogP contribution in [0.2, 0.25) is 0 Å². The number of aryl methyl sites for hydroxylation is 1. The molecular weight excluding hydrogens is 287 g/mol. The molecule has 118 valence electrons. The number of carboxylic acid groups (broad SMARTS) is 1. The molecule has 0 atom stereocenters. The van der Waals surface area contributed by atoms with Gasteiger partial charge in [0.1, 0.15) is 0 Å². The normalized spacial score (nSPS) is 10.2. The van der Waals surface area contributed by atoms with Crippen molar-refractivity contribution in [2.75, 3.05) is 0 Å². The van der Waals surface area contributed by atoms with E-state index < -0.39 is 5.97 Å². The zero-order chi connectivity index (χ0) is 15.5. The maximum atomic E-state index is 11.7. The second-order valence-corrected chi connectivity index (χ2v) is 5.71. The van der Waals surface area contributed by atoms with Gasteiger partial charge in [-0.2, -0.15) is 0 Å². The van der Waals surface area contributed by atoms with Gasteiger partial charge < -0.3 is 10.2 Å². The SMILES string of the molecule is CCCCCCCCCCCc1ccc(C(=O)O)cc1[O-].[Na+]. The molecule has 22 heavy (non-hydrogen) atoms. The molecule has 0 aliphatic heterocycles. The van der Waals surface area contributed by atoms with Crippen molar-refractivity contribution in [1.29, 1.82) is 0 Å². The molecule has 0 fully saturated rings. The molecule has 0 heterocycles. The van der Waals surface area contributed by atoms with Gasteiger partial charge in [-0.1, -0.05) is 76.0 Å². The third-order valence-corrected chi connectivity index (χ3v) is 3.86. The van der Waals surface area contributed by atoms with E-state index in [4.69, 9.17) is 5.11 Å². The molecule has 1 aromatic carbocycles. The molecule has 4 heteroatoms. The fraction of sp³-hybridized carbons (Fsp3) is 0.611. The summed E-state index contributed by atoms with van der Waals surface area (Å²) in [6.07, 6.45) is 12.1. The Hall–Kier alpha value is -0.510. The standard InChI is InChI=1S/C18H28O3.Na/c1-2-3-4-5-6-7-8-9-10-11-15-12-13-16(18(20)21)14-17(15)19;/h12-14,19H,2-11H2,1H3,(H,20,21);/q;+1/p-1. The van der Waals surface area contributed by atoms with Crippen molar-refractivity contribution in [2.24, 2.45) is 0 Å². The first-order valence-corrected chi connectivity index (χ1v) is 8.18. The summed E-state index contributed by atoms with van der Waals surface area (Å²) in [5, 5.41) is 20.6. The van der Waals surface area contributed by atoms with Crippen LogP contribution in [0.3, 0.4) is 0 Å². The summed E-state index contributed by atoms with van der Waals surface area (Å²) in [5.74, 6) is -1.18. The van der Waals surface area contributed by atoms with Gasteiger partial charge in [0, 0.05) is 0 Å². The number of carbonyl (C=O) groups is 1. The van der Waals surface area contributed by atoms with Crippen LogP contribution in [0.1, 0.15) is 80.6 Å². The number of hydrogen-bond acceptors (Lipinski definition) is 2. The smallest absolute Gasteiger partial charge is 0.872 e. The number of hydrogen-bond donors (Lipinski definition) is 1. The van der Waals surface area contributed by atoms with Gasteiger partial charge in [0.15, 0.2) is 0 Å². The average molecular weight is 314 g/mol. The fourth-order valence-corrected chi connectivity index (χ4v) is 2.52. The molecule has 1 N–H and O–H groups in total. The van der Waals surface area contributed by atoms with Gasteiger partial charge in [-0.05, 0) is 18.9 Å². The summed E-state index contributed by atoms with van der Waals surface area (Å²) < 4.78 is 0. The molecule has 0 spiro atoms. The molecule has 1 aromatic rings. The van der Waals surface area contributed by atoms with Gasteiger partial charge in [-0.3, -0.25) is 0 Å². The topological polar surface area (TPSA) is 60.4 Å². The number of unbranched alkanes of at least 4 members (excludes halogenated alkanes) is 8. The predicted octanol–water partition coefficient (Wildman–Crippen LogP) is 1.54. The van der Waals surface area contributed by atoms with E-state index in [-0.39, 0.29) is 40.9 Å². The number of aromatic carboxylic acids is 1. The molecule has 0 aromatic heterocycles. The molecule has 0 radical (unpaired) electrons. The van der Waals surface area contributed by atoms with Crippen LogP contribution in [0.15, 0.2) is 18.2 Å². The number of benzene rings is 1. The van der Waals surface area contributed by atoms with E-state index in [1.54, 1.807) is 6.07 Å². The third-order valence-electron chi connectivity index (χ3n) is 3.86. The number of carboxylic acids is 1. The van der Waals surface area contributed by atoms with Crippen molar-refractivity contribution in [2.45, 2.75) is 71.1 Å². The Balaban J connectivity index is 0.00000441. The monoisotopic (exact) mass is 314 g/mol. The Labute approximate surface area is 156 Å². The second kappa shape index (κ2) is 13.0. The minimum Gasteiger partial charge on any atom is -0.872 e. The molecular formula is C18H27NaO3. The Morgan fingerprint density at radius 1 is 1.00 bits per heavy atom. The van der Waals surface area contributed by atoms with E-state index in [1.165, 1.54) is 57.1 Å². The molecule has 3 nitrogen and oxygen atoms in total. The van der Waals surface area contributed by atoms with Crippen molar-refractivity contribution < 1.29 is 44.6 Å². The van der Waals surface area contributed by atoms with Crippen molar-refractivity contribution in [3.05, 3.63) is 29.3 Å². The molecule has 0 saturated heterocycles. The molecule has 0 aliphatic rings. The van der Waals surface area contributed by atoms with Gasteiger partial charge >= 0.3 is 35.5 Å². The van der Waals surface area contributed by atoms with E-state index in [2.05, 4.69) is 6.92 Å². The van der Waals surface area contributed by atoms with Crippen LogP contribution in [-0.4, -0.2) is 11.1 Å². The first-order valence-electron chi connectivity index (χ1n) is 8.18. The Kier molecular flexibility index (Phi) is 12.7. The zero-order valence-electron chi connectivity index (χ0n) is 14.1. The van der Waals surface area contributed by atoms with Gasteiger partial charge in [0.05, 0.1) is 5.56 Å². The minimum atomic E-state index is -1.04. The van der Waals surface area contributed by atoms with Gasteiger partial charge in [-0.25, -0.2) is 4.79 Å². The van der Waals surface area contributed by atoms with Crippen LogP contribution in [0.4, 0.5) is 0 Å². The molecule has 1 rings (SSSR count). The largest absolute Gasteiger partial charge is 1.00 e. The Morgan fingerprint density at radius 2 is 1.55 bits per heavy atom. The first kappa shape index (κ1) is 21.5. The van der Waals surface area contributed by atoms with Crippen LogP contribution < -0.4 is 34.7 Å². The van der Waals surface area contributed by atoms with Crippen LogP contribution in [0.25, 0.3) is 0 Å². The summed E-state index contributed by atoms with van der Waals surface area (Å²) in [6, 6.07) is 4.41. The Bertz CT molecular complexity index is 432. The molecule has 0 bridgehead atoms. The van der Waals surface area contributed by atoms with Crippen LogP contribution in [0, 0.1) is 0 Å². The fourth-order valence-electron chi connectivity index (χ4n) is 2.52. The maximum absolute atomic E-state index is 11.7. The second-order valence-electron chi connectivity index (χ2n) is 5.71. The van der Waals surface area contributed by atoms with Gasteiger partial charge in [0.2, 0.25) is 0 Å². The van der Waals surface area contributed by atoms with Crippen LogP contribution in [-0.2, 0) is 6.42 Å². The first-order chi connectivity index (χ1) is 10.1. The summed E-state index contributed by atoms with van der Waals surface area (Å²) >= 11 is 0. The van der Waals surface area contributed by atoms with Crippen molar-refractivity contribution in [3.8, 4) is 5.75 Å². The Morgan fingerprint density at radius 3 is 2.05 bits per heavy atom. The average Bonchev–Trinajstić information content (AvgIpc) is 2.46. The third kappa shape index (κ3) is 8.82. The number of rotatable bonds is 11. The molecule has 0 saturated carbocycles. The van der Waals surface area contributed by atoms with Crippen LogP contribution in [0.5, 0.6) is 5.75 Å². The summed E-state index contributed by atoms with van der Waals surface area (Å²) in [7, 11) is 0. The summed E-state index contributed by atoms with van der Waals surface area (Å²) in [5.41, 5.74) is 0.818. The van der Waals surface area contributed by atoms with Crippen molar-refractivity contribution in [3.63, 3.8) is 0 Å². The summed E-state index contributed by atoms with van der Waals surface area (Å²) in [6.45, 7) is 2.23. The van der Waals surface area contributed by atoms with E-state index in [9.17, 15) is 9.90 Å². The maximum Gasteiger partial charge on any atom is 1.00 e. The van der Waals surface area contributed by atoms with E-state index in [0.717, 1.165) is 24.8 Å². The zero-order valence-corrected chi connectivity index (χ0v) is 16.1. The predicted molar refractivity (Wildman–Crippen MR) is 83.8 cm³/mol. The van der Waals surface area contributed by atoms with Crippen LogP contribution >= 0.6 is 0 Å². The molecule has 0 unspecified atom stereocenters. The van der Waals surface area contributed by atoms with Gasteiger partial charge in [0.25, 0.3) is 0 Å². The van der Waals surface area contributed by atoms with Gasteiger partial charge in [-0.15, -0.1) is 5.75 Å². The van der Waals surface area contributed by atoms with E-state index in [1.807, 2.05) is 0 Å². The van der Waals surface area contributed by atoms with Crippen molar-refractivity contribution in [1.82, 2.24) is 0 Å². The van der Waals surface area contributed by atoms with E-state index in [0.29, 0.717) is 0 Å². The minimum absolute atomic E-state index is 0. The summed E-state index contributed by atoms with van der Waals surface area (Å²) in [4.78, 5) is 10.8.